The largest absolute Gasteiger partial charge is 0.352 e. The van der Waals surface area contributed by atoms with E-state index in [0.29, 0.717) is 24.4 Å². The Balaban J connectivity index is 1.55. The molecule has 1 heterocycles. The summed E-state index contributed by atoms with van der Waals surface area (Å²) >= 11 is 0. The van der Waals surface area contributed by atoms with Crippen LogP contribution in [0.15, 0.2) is 36.9 Å². The fraction of sp³-hybridized carbons (Fsp3) is 0.571. The summed E-state index contributed by atoms with van der Waals surface area (Å²) in [6, 6.07) is 8.69. The molecule has 27 heavy (non-hydrogen) atoms. The van der Waals surface area contributed by atoms with Gasteiger partial charge in [0.15, 0.2) is 0 Å². The summed E-state index contributed by atoms with van der Waals surface area (Å²) in [7, 11) is 2.00. The second kappa shape index (κ2) is 8.65. The van der Waals surface area contributed by atoms with Crippen molar-refractivity contribution in [2.75, 3.05) is 13.6 Å². The summed E-state index contributed by atoms with van der Waals surface area (Å²) in [6.07, 6.45) is 6.79. The molecule has 0 spiro atoms. The van der Waals surface area contributed by atoms with E-state index in [1.54, 1.807) is 11.0 Å². The Kier molecular flexibility index (Phi) is 6.26. The summed E-state index contributed by atoms with van der Waals surface area (Å²) in [4.78, 5) is 18.6. The minimum Gasteiger partial charge on any atom is -0.352 e. The zero-order valence-electron chi connectivity index (χ0n) is 16.8. The molecule has 1 saturated carbocycles. The first-order valence-corrected chi connectivity index (χ1v) is 9.90. The van der Waals surface area contributed by atoms with Gasteiger partial charge in [-0.1, -0.05) is 38.8 Å². The predicted octanol–water partition coefficient (Wildman–Crippen LogP) is 3.20. The molecule has 0 bridgehead atoms. The van der Waals surface area contributed by atoms with Crippen LogP contribution in [0.4, 0.5) is 0 Å². The van der Waals surface area contributed by atoms with E-state index in [-0.39, 0.29) is 11.9 Å². The fourth-order valence-corrected chi connectivity index (χ4v) is 3.90. The van der Waals surface area contributed by atoms with Crippen LogP contribution in [0, 0.1) is 11.8 Å². The van der Waals surface area contributed by atoms with E-state index in [0.717, 1.165) is 12.1 Å². The second-order valence-electron chi connectivity index (χ2n) is 7.96. The van der Waals surface area contributed by atoms with Gasteiger partial charge < -0.3 is 5.32 Å². The molecule has 3 rings (SSSR count). The molecule has 4 atom stereocenters. The molecular weight excluding hydrogens is 338 g/mol. The topological polar surface area (TPSA) is 63.1 Å². The van der Waals surface area contributed by atoms with E-state index in [2.05, 4.69) is 53.2 Å². The Bertz CT molecular complexity index is 728. The zero-order valence-corrected chi connectivity index (χ0v) is 16.8. The molecule has 1 aromatic heterocycles. The van der Waals surface area contributed by atoms with Crippen molar-refractivity contribution in [2.45, 2.75) is 52.1 Å². The number of likely N-dealkylation sites (N-methyl/N-ethyl adjacent to an activating group) is 1. The lowest BCUT2D eigenvalue weighted by Crippen LogP contribution is -2.47. The predicted molar refractivity (Wildman–Crippen MR) is 107 cm³/mol. The van der Waals surface area contributed by atoms with Crippen LogP contribution in [-0.2, 0) is 4.79 Å². The molecule has 2 aromatic rings. The van der Waals surface area contributed by atoms with Crippen molar-refractivity contribution >= 4 is 5.91 Å². The summed E-state index contributed by atoms with van der Waals surface area (Å²) < 4.78 is 1.73. The van der Waals surface area contributed by atoms with E-state index < -0.39 is 0 Å². The van der Waals surface area contributed by atoms with Gasteiger partial charge in [0.25, 0.3) is 0 Å². The number of nitrogens with one attached hydrogen (secondary N) is 1. The molecule has 1 aliphatic rings. The van der Waals surface area contributed by atoms with Crippen LogP contribution in [-0.4, -0.2) is 45.2 Å². The number of hydrogen-bond acceptors (Lipinski definition) is 4. The molecular formula is C21H31N5O. The molecule has 1 N–H and O–H groups in total. The highest BCUT2D eigenvalue weighted by atomic mass is 16.2. The Morgan fingerprint density at radius 3 is 2.70 bits per heavy atom. The molecule has 0 saturated heterocycles. The maximum absolute atomic E-state index is 12.5. The lowest BCUT2D eigenvalue weighted by atomic mass is 9.78. The van der Waals surface area contributed by atoms with Crippen molar-refractivity contribution in [3.8, 4) is 5.69 Å². The van der Waals surface area contributed by atoms with Crippen molar-refractivity contribution in [3.05, 3.63) is 42.5 Å². The third kappa shape index (κ3) is 4.75. The summed E-state index contributed by atoms with van der Waals surface area (Å²) in [5.41, 5.74) is 2.15. The number of amides is 1. The van der Waals surface area contributed by atoms with Gasteiger partial charge in [-0.15, -0.1) is 0 Å². The van der Waals surface area contributed by atoms with Crippen molar-refractivity contribution in [1.29, 1.82) is 0 Å². The van der Waals surface area contributed by atoms with E-state index in [4.69, 9.17) is 0 Å². The van der Waals surface area contributed by atoms with Gasteiger partial charge in [0.05, 0.1) is 12.2 Å². The van der Waals surface area contributed by atoms with E-state index in [1.807, 2.05) is 19.2 Å². The quantitative estimate of drug-likeness (QED) is 0.849. The van der Waals surface area contributed by atoms with E-state index in [9.17, 15) is 4.79 Å². The van der Waals surface area contributed by atoms with Crippen molar-refractivity contribution in [2.24, 2.45) is 11.8 Å². The van der Waals surface area contributed by atoms with Gasteiger partial charge >= 0.3 is 0 Å². The van der Waals surface area contributed by atoms with Gasteiger partial charge in [-0.25, -0.2) is 9.67 Å². The van der Waals surface area contributed by atoms with Crippen molar-refractivity contribution in [1.82, 2.24) is 25.0 Å². The molecule has 1 amide bonds. The lowest BCUT2D eigenvalue weighted by molar-refractivity contribution is -0.123. The van der Waals surface area contributed by atoms with E-state index >= 15 is 0 Å². The molecule has 146 valence electrons. The van der Waals surface area contributed by atoms with Gasteiger partial charge in [0, 0.05) is 12.1 Å². The number of nitrogens with zero attached hydrogens (tertiary/aromatic N) is 4. The third-order valence-corrected chi connectivity index (χ3v) is 6.17. The monoisotopic (exact) mass is 369 g/mol. The third-order valence-electron chi connectivity index (χ3n) is 6.17. The smallest absolute Gasteiger partial charge is 0.234 e. The molecule has 4 unspecified atom stereocenters. The van der Waals surface area contributed by atoms with Crippen LogP contribution >= 0.6 is 0 Å². The zero-order chi connectivity index (χ0) is 19.4. The van der Waals surface area contributed by atoms with Crippen molar-refractivity contribution < 1.29 is 4.79 Å². The average molecular weight is 370 g/mol. The normalized spacial score (nSPS) is 24.0. The van der Waals surface area contributed by atoms with Crippen LogP contribution < -0.4 is 5.32 Å². The summed E-state index contributed by atoms with van der Waals surface area (Å²) in [6.45, 7) is 7.09. The highest BCUT2D eigenvalue weighted by Gasteiger charge is 2.28. The van der Waals surface area contributed by atoms with Crippen LogP contribution in [0.1, 0.15) is 51.6 Å². The highest BCUT2D eigenvalue weighted by molar-refractivity contribution is 5.78. The Labute approximate surface area is 162 Å². The molecule has 0 radical (unpaired) electrons. The minimum atomic E-state index is 0.120. The van der Waals surface area contributed by atoms with E-state index in [1.165, 1.54) is 24.7 Å². The second-order valence-corrected chi connectivity index (χ2v) is 7.96. The molecule has 1 aliphatic carbocycles. The Morgan fingerprint density at radius 2 is 2.04 bits per heavy atom. The fourth-order valence-electron chi connectivity index (χ4n) is 3.90. The van der Waals surface area contributed by atoms with Crippen LogP contribution in [0.5, 0.6) is 0 Å². The maximum atomic E-state index is 12.5. The van der Waals surface area contributed by atoms with Gasteiger partial charge in [0.1, 0.15) is 12.7 Å². The van der Waals surface area contributed by atoms with Crippen LogP contribution in [0.25, 0.3) is 5.69 Å². The van der Waals surface area contributed by atoms with Gasteiger partial charge in [0.2, 0.25) is 5.91 Å². The van der Waals surface area contributed by atoms with Crippen LogP contribution in [0.3, 0.4) is 0 Å². The number of rotatable bonds is 6. The maximum Gasteiger partial charge on any atom is 0.234 e. The first-order chi connectivity index (χ1) is 13.0. The minimum absolute atomic E-state index is 0.120. The SMILES string of the molecule is CC1CCCC(NC(=O)CN(C)C(C)c2ccc(-n3cncn3)cc2)C1C. The number of aromatic nitrogens is 3. The summed E-state index contributed by atoms with van der Waals surface area (Å²) in [5, 5.41) is 7.41. The Hall–Kier alpha value is -2.21. The number of carbonyl (C=O) groups is 1. The Morgan fingerprint density at radius 1 is 1.30 bits per heavy atom. The van der Waals surface area contributed by atoms with Gasteiger partial charge in [-0.3, -0.25) is 9.69 Å². The first kappa shape index (κ1) is 19.5. The number of hydrogen-bond donors (Lipinski definition) is 1. The molecule has 1 fully saturated rings. The molecule has 0 aliphatic heterocycles. The van der Waals surface area contributed by atoms with Crippen LogP contribution in [0.2, 0.25) is 0 Å². The summed E-state index contributed by atoms with van der Waals surface area (Å²) in [5.74, 6) is 1.36. The van der Waals surface area contributed by atoms with Gasteiger partial charge in [-0.2, -0.15) is 5.10 Å². The molecule has 6 nitrogen and oxygen atoms in total. The molecule has 6 heteroatoms. The lowest BCUT2D eigenvalue weighted by Gasteiger charge is -2.35. The highest BCUT2D eigenvalue weighted by Crippen LogP contribution is 2.29. The standard InChI is InChI=1S/C21H31N5O/c1-15-6-5-7-20(16(15)2)24-21(27)12-25(4)17(3)18-8-10-19(11-9-18)26-14-22-13-23-26/h8-11,13-17,20H,5-7,12H2,1-4H3,(H,24,27). The van der Waals surface area contributed by atoms with Gasteiger partial charge in [-0.05, 0) is 49.9 Å². The molecule has 1 aromatic carbocycles. The first-order valence-electron chi connectivity index (χ1n) is 9.90. The average Bonchev–Trinajstić information content (AvgIpc) is 3.19. The van der Waals surface area contributed by atoms with Crippen molar-refractivity contribution in [3.63, 3.8) is 0 Å². The number of benzene rings is 1. The number of carbonyl (C=O) groups excluding carboxylic acids is 1.